The lowest BCUT2D eigenvalue weighted by molar-refractivity contribution is 1.02. The molecule has 0 amide bonds. The van der Waals surface area contributed by atoms with Crippen molar-refractivity contribution in [2.24, 2.45) is 0 Å². The molecule has 0 aromatic carbocycles. The van der Waals surface area contributed by atoms with Crippen LogP contribution in [0.4, 0.5) is 0 Å². The van der Waals surface area contributed by atoms with Gasteiger partial charge >= 0.3 is 0 Å². The highest BCUT2D eigenvalue weighted by Gasteiger charge is 2.05. The van der Waals surface area contributed by atoms with Crippen LogP contribution in [0, 0.1) is 0 Å². The van der Waals surface area contributed by atoms with Crippen molar-refractivity contribution in [1.82, 2.24) is 20.2 Å². The third-order valence-electron chi connectivity index (χ3n) is 1.32. The summed E-state index contributed by atoms with van der Waals surface area (Å²) >= 11 is 7.06. The summed E-state index contributed by atoms with van der Waals surface area (Å²) in [5.74, 6) is 1.61. The Labute approximate surface area is 77.6 Å². The summed E-state index contributed by atoms with van der Waals surface area (Å²) in [7, 11) is 0. The van der Waals surface area contributed by atoms with Gasteiger partial charge < -0.3 is 0 Å². The number of nitrogens with zero attached hydrogens (tertiary/aromatic N) is 3. The van der Waals surface area contributed by atoms with Crippen molar-refractivity contribution < 1.29 is 0 Å². The van der Waals surface area contributed by atoms with Crippen LogP contribution in [0.3, 0.4) is 0 Å². The first kappa shape index (κ1) is 7.70. The van der Waals surface area contributed by atoms with Gasteiger partial charge in [-0.3, -0.25) is 5.10 Å². The first-order valence-corrected chi connectivity index (χ1v) is 4.73. The lowest BCUT2D eigenvalue weighted by Gasteiger charge is -1.82. The van der Waals surface area contributed by atoms with Crippen LogP contribution >= 0.6 is 22.9 Å². The molecular formula is C6H5ClN4S. The van der Waals surface area contributed by atoms with E-state index < -0.39 is 0 Å². The molecule has 0 saturated heterocycles. The van der Waals surface area contributed by atoms with Gasteiger partial charge in [-0.2, -0.15) is 5.10 Å². The lowest BCUT2D eigenvalue weighted by Crippen LogP contribution is -1.80. The summed E-state index contributed by atoms with van der Waals surface area (Å²) in [4.78, 5) is 8.18. The average Bonchev–Trinajstić information content (AvgIpc) is 2.75. The average molecular weight is 201 g/mol. The fraction of sp³-hybridized carbons (Fsp3) is 0.167. The molecule has 0 aliphatic heterocycles. The van der Waals surface area contributed by atoms with E-state index in [1.54, 1.807) is 5.51 Å². The number of nitrogens with one attached hydrogen (secondary N) is 1. The molecule has 0 aliphatic carbocycles. The van der Waals surface area contributed by atoms with Crippen LogP contribution in [0.2, 0.25) is 0 Å². The highest BCUT2D eigenvalue weighted by molar-refractivity contribution is 7.07. The SMILES string of the molecule is ClCc1nc(-c2cscn2)n[nH]1. The van der Waals surface area contributed by atoms with E-state index in [-0.39, 0.29) is 0 Å². The summed E-state index contributed by atoms with van der Waals surface area (Å²) in [6.07, 6.45) is 0. The van der Waals surface area contributed by atoms with Crippen LogP contribution in [0.25, 0.3) is 11.5 Å². The number of alkyl halides is 1. The predicted molar refractivity (Wildman–Crippen MR) is 47.0 cm³/mol. The number of hydrogen-bond acceptors (Lipinski definition) is 4. The van der Waals surface area contributed by atoms with E-state index in [0.29, 0.717) is 17.5 Å². The summed E-state index contributed by atoms with van der Waals surface area (Å²) < 4.78 is 0. The van der Waals surface area contributed by atoms with Crippen molar-refractivity contribution in [2.45, 2.75) is 5.88 Å². The Balaban J connectivity index is 2.35. The predicted octanol–water partition coefficient (Wildman–Crippen LogP) is 1.67. The van der Waals surface area contributed by atoms with Crippen LogP contribution < -0.4 is 0 Å². The monoisotopic (exact) mass is 200 g/mol. The number of halogens is 1. The molecule has 1 N–H and O–H groups in total. The largest absolute Gasteiger partial charge is 0.262 e. The second kappa shape index (κ2) is 3.20. The normalized spacial score (nSPS) is 10.4. The van der Waals surface area contributed by atoms with E-state index in [2.05, 4.69) is 20.2 Å². The number of hydrogen-bond donors (Lipinski definition) is 1. The molecule has 4 nitrogen and oxygen atoms in total. The summed E-state index contributed by atoms with van der Waals surface area (Å²) in [5, 5.41) is 8.56. The van der Waals surface area contributed by atoms with Crippen molar-refractivity contribution in [1.29, 1.82) is 0 Å². The van der Waals surface area contributed by atoms with E-state index >= 15 is 0 Å². The Morgan fingerprint density at radius 1 is 1.58 bits per heavy atom. The van der Waals surface area contributed by atoms with E-state index in [4.69, 9.17) is 11.6 Å². The van der Waals surface area contributed by atoms with Crippen molar-refractivity contribution in [3.05, 3.63) is 16.7 Å². The first-order chi connectivity index (χ1) is 5.90. The molecule has 2 rings (SSSR count). The van der Waals surface area contributed by atoms with Gasteiger partial charge in [-0.05, 0) is 0 Å². The summed E-state index contributed by atoms with van der Waals surface area (Å²) in [6, 6.07) is 0. The second-order valence-corrected chi connectivity index (χ2v) is 3.10. The third-order valence-corrected chi connectivity index (χ3v) is 2.16. The molecule has 2 aromatic rings. The van der Waals surface area contributed by atoms with E-state index in [9.17, 15) is 0 Å². The number of H-pyrrole nitrogens is 1. The Morgan fingerprint density at radius 3 is 3.08 bits per heavy atom. The van der Waals surface area contributed by atoms with Gasteiger partial charge in [0.2, 0.25) is 5.82 Å². The quantitative estimate of drug-likeness (QED) is 0.751. The Morgan fingerprint density at radius 2 is 2.50 bits per heavy atom. The third kappa shape index (κ3) is 1.33. The zero-order chi connectivity index (χ0) is 8.39. The van der Waals surface area contributed by atoms with Gasteiger partial charge in [-0.1, -0.05) is 0 Å². The second-order valence-electron chi connectivity index (χ2n) is 2.11. The molecule has 2 heterocycles. The number of aromatic amines is 1. The van der Waals surface area contributed by atoms with Crippen molar-refractivity contribution in [2.75, 3.05) is 0 Å². The standard InChI is InChI=1S/C6H5ClN4S/c7-1-5-9-6(11-10-5)4-2-12-3-8-4/h2-3H,1H2,(H,9,10,11). The molecular weight excluding hydrogens is 196 g/mol. The maximum atomic E-state index is 5.55. The number of thiazole rings is 1. The van der Waals surface area contributed by atoms with Gasteiger partial charge in [0, 0.05) is 5.38 Å². The molecule has 12 heavy (non-hydrogen) atoms. The van der Waals surface area contributed by atoms with Crippen molar-refractivity contribution in [3.8, 4) is 11.5 Å². The van der Waals surface area contributed by atoms with Crippen molar-refractivity contribution in [3.63, 3.8) is 0 Å². The van der Waals surface area contributed by atoms with Gasteiger partial charge in [0.05, 0.1) is 11.4 Å². The van der Waals surface area contributed by atoms with Crippen LogP contribution in [-0.2, 0) is 5.88 Å². The van der Waals surface area contributed by atoms with Crippen LogP contribution in [-0.4, -0.2) is 20.2 Å². The first-order valence-electron chi connectivity index (χ1n) is 3.26. The molecule has 2 aromatic heterocycles. The van der Waals surface area contributed by atoms with Gasteiger partial charge in [0.25, 0.3) is 0 Å². The molecule has 0 radical (unpaired) electrons. The molecule has 0 spiro atoms. The van der Waals surface area contributed by atoms with Crippen LogP contribution in [0.15, 0.2) is 10.9 Å². The minimum Gasteiger partial charge on any atom is -0.262 e. The number of rotatable bonds is 2. The minimum atomic E-state index is 0.344. The zero-order valence-electron chi connectivity index (χ0n) is 5.99. The number of aromatic nitrogens is 4. The molecule has 0 saturated carbocycles. The smallest absolute Gasteiger partial charge is 0.200 e. The molecule has 0 aliphatic rings. The fourth-order valence-electron chi connectivity index (χ4n) is 0.793. The molecule has 62 valence electrons. The highest BCUT2D eigenvalue weighted by atomic mass is 35.5. The van der Waals surface area contributed by atoms with Crippen LogP contribution in [0.1, 0.15) is 5.82 Å². The molecule has 0 unspecified atom stereocenters. The molecule has 0 bridgehead atoms. The summed E-state index contributed by atoms with van der Waals surface area (Å²) in [6.45, 7) is 0. The highest BCUT2D eigenvalue weighted by Crippen LogP contribution is 2.13. The molecule has 6 heteroatoms. The van der Waals surface area contributed by atoms with E-state index in [1.165, 1.54) is 11.3 Å². The zero-order valence-corrected chi connectivity index (χ0v) is 7.56. The van der Waals surface area contributed by atoms with Gasteiger partial charge in [0.1, 0.15) is 11.5 Å². The topological polar surface area (TPSA) is 54.5 Å². The maximum Gasteiger partial charge on any atom is 0.200 e. The Bertz CT molecular complexity index is 355. The minimum absolute atomic E-state index is 0.344. The van der Waals surface area contributed by atoms with Crippen molar-refractivity contribution >= 4 is 22.9 Å². The summed E-state index contributed by atoms with van der Waals surface area (Å²) in [5.41, 5.74) is 2.53. The van der Waals surface area contributed by atoms with Crippen LogP contribution in [0.5, 0.6) is 0 Å². The van der Waals surface area contributed by atoms with Gasteiger partial charge in [-0.25, -0.2) is 9.97 Å². The lowest BCUT2D eigenvalue weighted by atomic mass is 10.5. The molecule has 0 fully saturated rings. The Kier molecular flexibility index (Phi) is 2.05. The van der Waals surface area contributed by atoms with Gasteiger partial charge in [0.15, 0.2) is 0 Å². The van der Waals surface area contributed by atoms with E-state index in [1.807, 2.05) is 5.38 Å². The Hall–Kier alpha value is -0.940. The van der Waals surface area contributed by atoms with E-state index in [0.717, 1.165) is 5.69 Å². The van der Waals surface area contributed by atoms with Gasteiger partial charge in [-0.15, -0.1) is 22.9 Å². The maximum absolute atomic E-state index is 5.55. The molecule has 0 atom stereocenters. The fourth-order valence-corrected chi connectivity index (χ4v) is 1.44.